The normalized spacial score (nSPS) is 17.1. The van der Waals surface area contributed by atoms with Crippen LogP contribution in [0.1, 0.15) is 18.4 Å². The molecule has 2 rings (SSSR count). The zero-order chi connectivity index (χ0) is 15.1. The Morgan fingerprint density at radius 2 is 2.00 bits per heavy atom. The Balaban J connectivity index is 1.79. The lowest BCUT2D eigenvalue weighted by Gasteiger charge is -2.36. The third kappa shape index (κ3) is 5.60. The SMILES string of the molecule is C=CCN(CCOc1ccc(C)cc1)C1CCN(I)CC1. The van der Waals surface area contributed by atoms with E-state index in [1.807, 2.05) is 18.2 Å². The summed E-state index contributed by atoms with van der Waals surface area (Å²) in [4.78, 5) is 2.50. The lowest BCUT2D eigenvalue weighted by molar-refractivity contribution is 0.137. The number of hydrogen-bond acceptors (Lipinski definition) is 3. The van der Waals surface area contributed by atoms with Crippen LogP contribution in [-0.2, 0) is 0 Å². The number of benzene rings is 1. The van der Waals surface area contributed by atoms with Crippen molar-refractivity contribution in [2.75, 3.05) is 32.8 Å². The molecule has 0 radical (unpaired) electrons. The third-order valence-electron chi connectivity index (χ3n) is 3.96. The smallest absolute Gasteiger partial charge is 0.119 e. The van der Waals surface area contributed by atoms with Gasteiger partial charge < -0.3 is 4.74 Å². The van der Waals surface area contributed by atoms with E-state index in [1.54, 1.807) is 0 Å². The van der Waals surface area contributed by atoms with Gasteiger partial charge in [-0.1, -0.05) is 23.8 Å². The minimum absolute atomic E-state index is 0.663. The lowest BCUT2D eigenvalue weighted by Crippen LogP contribution is -2.44. The topological polar surface area (TPSA) is 15.7 Å². The van der Waals surface area contributed by atoms with Crippen molar-refractivity contribution in [2.45, 2.75) is 25.8 Å². The number of ether oxygens (including phenoxy) is 1. The van der Waals surface area contributed by atoms with E-state index >= 15 is 0 Å². The molecule has 0 aliphatic carbocycles. The molecule has 1 saturated heterocycles. The number of rotatable bonds is 7. The molecular formula is C17H25IN2O. The molecule has 1 aliphatic heterocycles. The Labute approximate surface area is 142 Å². The number of halogens is 1. The Morgan fingerprint density at radius 3 is 2.62 bits per heavy atom. The second-order valence-corrected chi connectivity index (χ2v) is 6.95. The molecule has 21 heavy (non-hydrogen) atoms. The highest BCUT2D eigenvalue weighted by atomic mass is 127. The molecule has 0 N–H and O–H groups in total. The zero-order valence-corrected chi connectivity index (χ0v) is 15.0. The van der Waals surface area contributed by atoms with Crippen molar-refractivity contribution in [1.82, 2.24) is 8.01 Å². The zero-order valence-electron chi connectivity index (χ0n) is 12.8. The first kappa shape index (κ1) is 16.8. The molecule has 1 heterocycles. The molecule has 0 unspecified atom stereocenters. The van der Waals surface area contributed by atoms with Gasteiger partial charge in [0.15, 0.2) is 0 Å². The highest BCUT2D eigenvalue weighted by Crippen LogP contribution is 2.19. The number of nitrogens with zero attached hydrogens (tertiary/aromatic N) is 2. The highest BCUT2D eigenvalue weighted by Gasteiger charge is 2.22. The Morgan fingerprint density at radius 1 is 1.33 bits per heavy atom. The van der Waals surface area contributed by atoms with E-state index in [9.17, 15) is 0 Å². The summed E-state index contributed by atoms with van der Waals surface area (Å²) in [5, 5.41) is 0. The first-order chi connectivity index (χ1) is 10.2. The van der Waals surface area contributed by atoms with Gasteiger partial charge in [-0.3, -0.25) is 4.90 Å². The molecule has 1 aliphatic rings. The minimum atomic E-state index is 0.663. The summed E-state index contributed by atoms with van der Waals surface area (Å²) in [6.07, 6.45) is 4.48. The number of aryl methyl sites for hydroxylation is 1. The van der Waals surface area contributed by atoms with Crippen molar-refractivity contribution in [3.63, 3.8) is 0 Å². The van der Waals surface area contributed by atoms with Gasteiger partial charge in [0.1, 0.15) is 12.4 Å². The lowest BCUT2D eigenvalue weighted by atomic mass is 10.0. The van der Waals surface area contributed by atoms with Crippen molar-refractivity contribution >= 4 is 22.9 Å². The summed E-state index contributed by atoms with van der Waals surface area (Å²) < 4.78 is 8.24. The first-order valence-corrected chi connectivity index (χ1v) is 8.60. The predicted molar refractivity (Wildman–Crippen MR) is 97.1 cm³/mol. The second-order valence-electron chi connectivity index (χ2n) is 5.59. The number of hydrogen-bond donors (Lipinski definition) is 0. The van der Waals surface area contributed by atoms with Gasteiger partial charge in [0.2, 0.25) is 0 Å². The second kappa shape index (κ2) is 8.76. The molecule has 0 saturated carbocycles. The molecule has 0 aromatic heterocycles. The van der Waals surface area contributed by atoms with Gasteiger partial charge in [-0.15, -0.1) is 6.58 Å². The van der Waals surface area contributed by atoms with Gasteiger partial charge in [0.05, 0.1) is 0 Å². The van der Waals surface area contributed by atoms with Gasteiger partial charge in [-0.25, -0.2) is 3.11 Å². The maximum absolute atomic E-state index is 5.86. The van der Waals surface area contributed by atoms with Gasteiger partial charge in [0, 0.05) is 55.1 Å². The van der Waals surface area contributed by atoms with Crippen LogP contribution in [0, 0.1) is 6.92 Å². The molecular weight excluding hydrogens is 375 g/mol. The van der Waals surface area contributed by atoms with Crippen LogP contribution in [0.4, 0.5) is 0 Å². The van der Waals surface area contributed by atoms with Crippen LogP contribution in [-0.4, -0.2) is 46.8 Å². The van der Waals surface area contributed by atoms with Gasteiger partial charge in [-0.05, 0) is 31.9 Å². The Bertz CT molecular complexity index is 427. The van der Waals surface area contributed by atoms with Crippen LogP contribution in [0.25, 0.3) is 0 Å². The van der Waals surface area contributed by atoms with Crippen molar-refractivity contribution < 1.29 is 4.74 Å². The van der Waals surface area contributed by atoms with E-state index in [0.29, 0.717) is 6.04 Å². The highest BCUT2D eigenvalue weighted by molar-refractivity contribution is 14.1. The Kier molecular flexibility index (Phi) is 6.99. The van der Waals surface area contributed by atoms with E-state index in [0.717, 1.165) is 25.4 Å². The molecule has 116 valence electrons. The quantitative estimate of drug-likeness (QED) is 0.395. The molecule has 0 atom stereocenters. The van der Waals surface area contributed by atoms with Crippen molar-refractivity contribution in [2.24, 2.45) is 0 Å². The summed E-state index contributed by atoms with van der Waals surface area (Å²) in [6.45, 7) is 11.0. The average molecular weight is 400 g/mol. The van der Waals surface area contributed by atoms with Gasteiger partial charge >= 0.3 is 0 Å². The average Bonchev–Trinajstić information content (AvgIpc) is 2.49. The molecule has 3 nitrogen and oxygen atoms in total. The summed E-state index contributed by atoms with van der Waals surface area (Å²) in [6, 6.07) is 8.93. The summed E-state index contributed by atoms with van der Waals surface area (Å²) in [7, 11) is 0. The molecule has 0 spiro atoms. The largest absolute Gasteiger partial charge is 0.492 e. The summed E-state index contributed by atoms with van der Waals surface area (Å²) >= 11 is 2.42. The van der Waals surface area contributed by atoms with E-state index in [2.05, 4.69) is 56.5 Å². The van der Waals surface area contributed by atoms with Crippen LogP contribution >= 0.6 is 22.9 Å². The molecule has 1 fully saturated rings. The first-order valence-electron chi connectivity index (χ1n) is 7.64. The standard InChI is InChI=1S/C17H25IN2O/c1-3-10-19(16-8-11-20(18)12-9-16)13-14-21-17-6-4-15(2)5-7-17/h3-7,16H,1,8-14H2,2H3. The van der Waals surface area contributed by atoms with Crippen LogP contribution in [0.5, 0.6) is 5.75 Å². The molecule has 1 aromatic carbocycles. The summed E-state index contributed by atoms with van der Waals surface area (Å²) in [5.74, 6) is 0.959. The molecule has 0 bridgehead atoms. The van der Waals surface area contributed by atoms with E-state index < -0.39 is 0 Å². The molecule has 4 heteroatoms. The van der Waals surface area contributed by atoms with Crippen LogP contribution < -0.4 is 4.74 Å². The Hall–Kier alpha value is -0.590. The van der Waals surface area contributed by atoms with Crippen molar-refractivity contribution in [3.05, 3.63) is 42.5 Å². The van der Waals surface area contributed by atoms with E-state index in [4.69, 9.17) is 4.74 Å². The predicted octanol–water partition coefficient (Wildman–Crippen LogP) is 3.68. The minimum Gasteiger partial charge on any atom is -0.492 e. The fourth-order valence-electron chi connectivity index (χ4n) is 2.70. The summed E-state index contributed by atoms with van der Waals surface area (Å²) in [5.41, 5.74) is 1.26. The van der Waals surface area contributed by atoms with Crippen LogP contribution in [0.15, 0.2) is 36.9 Å². The number of piperidine rings is 1. The van der Waals surface area contributed by atoms with Crippen molar-refractivity contribution in [3.8, 4) is 5.75 Å². The third-order valence-corrected chi connectivity index (χ3v) is 4.92. The fourth-order valence-corrected chi connectivity index (χ4v) is 3.26. The maximum Gasteiger partial charge on any atom is 0.119 e. The molecule has 1 aromatic rings. The van der Waals surface area contributed by atoms with E-state index in [1.165, 1.54) is 31.5 Å². The molecule has 0 amide bonds. The van der Waals surface area contributed by atoms with E-state index in [-0.39, 0.29) is 0 Å². The van der Waals surface area contributed by atoms with Crippen molar-refractivity contribution in [1.29, 1.82) is 0 Å². The van der Waals surface area contributed by atoms with Gasteiger partial charge in [-0.2, -0.15) is 0 Å². The van der Waals surface area contributed by atoms with Gasteiger partial charge in [0.25, 0.3) is 0 Å². The van der Waals surface area contributed by atoms with Crippen LogP contribution in [0.3, 0.4) is 0 Å². The maximum atomic E-state index is 5.86. The monoisotopic (exact) mass is 400 g/mol. The fraction of sp³-hybridized carbons (Fsp3) is 0.529. The van der Waals surface area contributed by atoms with Crippen LogP contribution in [0.2, 0.25) is 0 Å².